The zero-order chi connectivity index (χ0) is 19.8. The number of benzene rings is 3. The average molecular weight is 439 g/mol. The third-order valence-electron chi connectivity index (χ3n) is 3.93. The normalized spacial score (nSPS) is 10.6. The predicted octanol–water partition coefficient (Wildman–Crippen LogP) is 4.80. The number of amides is 1. The van der Waals surface area contributed by atoms with Gasteiger partial charge in [-0.15, -0.1) is 0 Å². The van der Waals surface area contributed by atoms with Crippen LogP contribution in [0.25, 0.3) is 0 Å². The van der Waals surface area contributed by atoms with E-state index in [4.69, 9.17) is 9.47 Å². The van der Waals surface area contributed by atoms with Crippen molar-refractivity contribution in [2.75, 3.05) is 7.11 Å². The zero-order valence-electron chi connectivity index (χ0n) is 15.3. The van der Waals surface area contributed by atoms with E-state index in [-0.39, 0.29) is 5.91 Å². The fraction of sp³-hybridized carbons (Fsp3) is 0.0909. The fourth-order valence-electron chi connectivity index (χ4n) is 2.44. The number of hydrogen-bond donors (Lipinski definition) is 1. The largest absolute Gasteiger partial charge is 0.497 e. The smallest absolute Gasteiger partial charge is 0.271 e. The van der Waals surface area contributed by atoms with Gasteiger partial charge in [0, 0.05) is 15.6 Å². The van der Waals surface area contributed by atoms with Crippen molar-refractivity contribution in [3.05, 3.63) is 94.0 Å². The van der Waals surface area contributed by atoms with E-state index in [1.807, 2.05) is 48.5 Å². The first-order chi connectivity index (χ1) is 13.7. The number of carbonyl (C=O) groups is 1. The first-order valence-electron chi connectivity index (χ1n) is 8.59. The summed E-state index contributed by atoms with van der Waals surface area (Å²) in [6.07, 6.45) is 1.59. The number of hydrogen-bond acceptors (Lipinski definition) is 4. The van der Waals surface area contributed by atoms with Gasteiger partial charge < -0.3 is 9.47 Å². The Morgan fingerprint density at radius 2 is 1.82 bits per heavy atom. The highest BCUT2D eigenvalue weighted by molar-refractivity contribution is 9.10. The summed E-state index contributed by atoms with van der Waals surface area (Å²) in [7, 11) is 1.63. The third kappa shape index (κ3) is 5.44. The van der Waals surface area contributed by atoms with Crippen LogP contribution in [-0.4, -0.2) is 19.2 Å². The zero-order valence-corrected chi connectivity index (χ0v) is 16.8. The Balaban J connectivity index is 1.54. The van der Waals surface area contributed by atoms with Crippen LogP contribution in [0.3, 0.4) is 0 Å². The molecule has 0 aliphatic heterocycles. The van der Waals surface area contributed by atoms with Gasteiger partial charge in [0.2, 0.25) is 0 Å². The molecule has 0 fully saturated rings. The van der Waals surface area contributed by atoms with Crippen LogP contribution in [0.15, 0.2) is 82.4 Å². The average Bonchev–Trinajstić information content (AvgIpc) is 2.74. The second-order valence-corrected chi connectivity index (χ2v) is 6.74. The predicted molar refractivity (Wildman–Crippen MR) is 113 cm³/mol. The number of nitrogens with one attached hydrogen (secondary N) is 1. The first-order valence-corrected chi connectivity index (χ1v) is 9.39. The van der Waals surface area contributed by atoms with E-state index < -0.39 is 0 Å². The van der Waals surface area contributed by atoms with Gasteiger partial charge in [-0.1, -0.05) is 46.3 Å². The molecule has 0 saturated heterocycles. The van der Waals surface area contributed by atoms with Crippen molar-refractivity contribution in [3.8, 4) is 11.5 Å². The summed E-state index contributed by atoms with van der Waals surface area (Å²) in [4.78, 5) is 12.2. The van der Waals surface area contributed by atoms with Crippen LogP contribution in [-0.2, 0) is 6.61 Å². The summed E-state index contributed by atoms with van der Waals surface area (Å²) in [5.41, 5.74) is 4.90. The van der Waals surface area contributed by atoms with Gasteiger partial charge in [-0.05, 0) is 48.0 Å². The number of ether oxygens (including phenoxy) is 2. The molecule has 1 amide bonds. The molecular weight excluding hydrogens is 420 g/mol. The Morgan fingerprint density at radius 3 is 2.57 bits per heavy atom. The van der Waals surface area contributed by atoms with Crippen LogP contribution in [0.2, 0.25) is 0 Å². The van der Waals surface area contributed by atoms with Crippen LogP contribution < -0.4 is 14.9 Å². The van der Waals surface area contributed by atoms with Crippen molar-refractivity contribution < 1.29 is 14.3 Å². The molecule has 6 heteroatoms. The van der Waals surface area contributed by atoms with Crippen LogP contribution >= 0.6 is 15.9 Å². The molecule has 5 nitrogen and oxygen atoms in total. The van der Waals surface area contributed by atoms with E-state index in [1.54, 1.807) is 37.6 Å². The van der Waals surface area contributed by atoms with Gasteiger partial charge in [-0.25, -0.2) is 5.43 Å². The van der Waals surface area contributed by atoms with Crippen LogP contribution in [0.5, 0.6) is 11.5 Å². The summed E-state index contributed by atoms with van der Waals surface area (Å²) in [5, 5.41) is 4.00. The molecule has 0 unspecified atom stereocenters. The van der Waals surface area contributed by atoms with Crippen molar-refractivity contribution >= 4 is 28.1 Å². The Morgan fingerprint density at radius 1 is 1.04 bits per heavy atom. The first kappa shape index (κ1) is 19.6. The number of nitrogens with zero attached hydrogens (tertiary/aromatic N) is 1. The molecule has 0 aromatic heterocycles. The van der Waals surface area contributed by atoms with Gasteiger partial charge in [-0.3, -0.25) is 4.79 Å². The number of halogens is 1. The number of carbonyl (C=O) groups excluding carboxylic acids is 1. The third-order valence-corrected chi connectivity index (χ3v) is 4.65. The van der Waals surface area contributed by atoms with Crippen LogP contribution in [0.1, 0.15) is 21.5 Å². The Bertz CT molecular complexity index is 972. The number of hydrazone groups is 1. The molecule has 1 N–H and O–H groups in total. The lowest BCUT2D eigenvalue weighted by Gasteiger charge is -2.08. The monoisotopic (exact) mass is 438 g/mol. The van der Waals surface area contributed by atoms with Crippen molar-refractivity contribution in [1.82, 2.24) is 5.43 Å². The van der Waals surface area contributed by atoms with Crippen LogP contribution in [0.4, 0.5) is 0 Å². The number of methoxy groups -OCH3 is 1. The maximum atomic E-state index is 12.2. The highest BCUT2D eigenvalue weighted by Gasteiger charge is 2.05. The maximum absolute atomic E-state index is 12.2. The molecule has 0 heterocycles. The van der Waals surface area contributed by atoms with Crippen molar-refractivity contribution in [1.29, 1.82) is 0 Å². The van der Waals surface area contributed by atoms with E-state index in [9.17, 15) is 4.79 Å². The lowest BCUT2D eigenvalue weighted by atomic mass is 10.2. The minimum Gasteiger partial charge on any atom is -0.497 e. The quantitative estimate of drug-likeness (QED) is 0.425. The van der Waals surface area contributed by atoms with E-state index >= 15 is 0 Å². The van der Waals surface area contributed by atoms with Crippen molar-refractivity contribution in [3.63, 3.8) is 0 Å². The second kappa shape index (κ2) is 9.71. The van der Waals surface area contributed by atoms with Crippen molar-refractivity contribution in [2.24, 2.45) is 5.10 Å². The molecule has 0 spiro atoms. The molecule has 28 heavy (non-hydrogen) atoms. The molecule has 0 aliphatic carbocycles. The topological polar surface area (TPSA) is 59.9 Å². The molecule has 0 atom stereocenters. The summed E-state index contributed by atoms with van der Waals surface area (Å²) < 4.78 is 11.9. The molecule has 142 valence electrons. The summed E-state index contributed by atoms with van der Waals surface area (Å²) in [6, 6.07) is 22.2. The van der Waals surface area contributed by atoms with E-state index in [0.717, 1.165) is 21.3 Å². The van der Waals surface area contributed by atoms with E-state index in [1.165, 1.54) is 0 Å². The van der Waals surface area contributed by atoms with Crippen LogP contribution in [0, 0.1) is 0 Å². The van der Waals surface area contributed by atoms with Gasteiger partial charge in [0.15, 0.2) is 0 Å². The summed E-state index contributed by atoms with van der Waals surface area (Å²) in [6.45, 7) is 0.416. The Kier molecular flexibility index (Phi) is 6.81. The molecule has 0 aliphatic rings. The SMILES string of the molecule is COc1cccc(COc2ccc(C(=O)N/N=C\c3ccccc3Br)cc2)c1. The maximum Gasteiger partial charge on any atom is 0.271 e. The fourth-order valence-corrected chi connectivity index (χ4v) is 2.82. The lowest BCUT2D eigenvalue weighted by molar-refractivity contribution is 0.0955. The van der Waals surface area contributed by atoms with Gasteiger partial charge in [0.1, 0.15) is 18.1 Å². The molecule has 0 saturated carbocycles. The minimum atomic E-state index is -0.289. The molecule has 0 bridgehead atoms. The second-order valence-electron chi connectivity index (χ2n) is 5.89. The van der Waals surface area contributed by atoms with Crippen molar-refractivity contribution in [2.45, 2.75) is 6.61 Å². The summed E-state index contributed by atoms with van der Waals surface area (Å²) in [5.74, 6) is 1.18. The standard InChI is InChI=1S/C22H19BrN2O3/c1-27-20-7-4-5-16(13-20)15-28-19-11-9-17(10-12-19)22(26)25-24-14-18-6-2-3-8-21(18)23/h2-14H,15H2,1H3,(H,25,26)/b24-14-. The molecule has 3 rings (SSSR count). The Hall–Kier alpha value is -3.12. The highest BCUT2D eigenvalue weighted by atomic mass is 79.9. The molecule has 0 radical (unpaired) electrons. The lowest BCUT2D eigenvalue weighted by Crippen LogP contribution is -2.17. The molecule has 3 aromatic carbocycles. The van der Waals surface area contributed by atoms with Gasteiger partial charge in [0.05, 0.1) is 13.3 Å². The molecule has 3 aromatic rings. The molecular formula is C22H19BrN2O3. The Labute approximate surface area is 172 Å². The van der Waals surface area contributed by atoms with Gasteiger partial charge in [0.25, 0.3) is 5.91 Å². The van der Waals surface area contributed by atoms with E-state index in [2.05, 4.69) is 26.5 Å². The highest BCUT2D eigenvalue weighted by Crippen LogP contribution is 2.17. The summed E-state index contributed by atoms with van der Waals surface area (Å²) >= 11 is 3.43. The van der Waals surface area contributed by atoms with E-state index in [0.29, 0.717) is 17.9 Å². The number of rotatable bonds is 7. The van der Waals surface area contributed by atoms with Gasteiger partial charge in [-0.2, -0.15) is 5.10 Å². The minimum absolute atomic E-state index is 0.289. The van der Waals surface area contributed by atoms with Gasteiger partial charge >= 0.3 is 0 Å².